The molecule has 2 rings (SSSR count). The minimum Gasteiger partial charge on any atom is -0.439 e. The molecule has 0 aliphatic carbocycles. The number of ether oxygens (including phenoxy) is 1. The van der Waals surface area contributed by atoms with Crippen LogP contribution >= 0.6 is 22.6 Å². The molecular formula is C13H12IN3O3. The highest BCUT2D eigenvalue weighted by molar-refractivity contribution is 14.1. The lowest BCUT2D eigenvalue weighted by Crippen LogP contribution is -2.01. The summed E-state index contributed by atoms with van der Waals surface area (Å²) in [6.45, 7) is 2.51. The van der Waals surface area contributed by atoms with Crippen LogP contribution in [-0.2, 0) is 0 Å². The van der Waals surface area contributed by atoms with E-state index in [2.05, 4.69) is 32.9 Å². The molecule has 0 unspecified atom stereocenters. The Hall–Kier alpha value is -1.90. The van der Waals surface area contributed by atoms with Crippen LogP contribution in [0, 0.1) is 13.7 Å². The van der Waals surface area contributed by atoms with Crippen molar-refractivity contribution in [2.24, 2.45) is 0 Å². The molecule has 1 N–H and O–H groups in total. The van der Waals surface area contributed by atoms with Gasteiger partial charge in [-0.1, -0.05) is 0 Å². The molecule has 1 aromatic heterocycles. The van der Waals surface area contributed by atoms with Crippen molar-refractivity contribution < 1.29 is 9.66 Å². The van der Waals surface area contributed by atoms with Crippen LogP contribution in [0.3, 0.4) is 0 Å². The van der Waals surface area contributed by atoms with Crippen LogP contribution in [0.25, 0.3) is 0 Å². The third-order valence-corrected chi connectivity index (χ3v) is 3.11. The molecule has 0 saturated carbocycles. The predicted octanol–water partition coefficient (Wildman–Crippen LogP) is 3.82. The molecule has 104 valence electrons. The zero-order valence-corrected chi connectivity index (χ0v) is 12.8. The quantitative estimate of drug-likeness (QED) is 0.481. The molecule has 0 fully saturated rings. The second-order valence-electron chi connectivity index (χ2n) is 3.89. The van der Waals surface area contributed by atoms with Crippen LogP contribution in [-0.4, -0.2) is 16.5 Å². The summed E-state index contributed by atoms with van der Waals surface area (Å²) in [5, 5.41) is 13.8. The molecule has 7 heteroatoms. The number of hydrogen-bond donors (Lipinski definition) is 1. The van der Waals surface area contributed by atoms with Crippen molar-refractivity contribution in [3.05, 3.63) is 50.1 Å². The van der Waals surface area contributed by atoms with E-state index in [1.54, 1.807) is 12.1 Å². The van der Waals surface area contributed by atoms with Gasteiger partial charge in [0, 0.05) is 10.1 Å². The Kier molecular flexibility index (Phi) is 4.72. The lowest BCUT2D eigenvalue weighted by atomic mass is 10.3. The summed E-state index contributed by atoms with van der Waals surface area (Å²) in [4.78, 5) is 14.6. The van der Waals surface area contributed by atoms with E-state index in [9.17, 15) is 10.1 Å². The van der Waals surface area contributed by atoms with E-state index < -0.39 is 4.92 Å². The molecule has 6 nitrogen and oxygen atoms in total. The van der Waals surface area contributed by atoms with Gasteiger partial charge in [-0.2, -0.15) is 4.98 Å². The first-order valence-electron chi connectivity index (χ1n) is 5.92. The summed E-state index contributed by atoms with van der Waals surface area (Å²) in [6.07, 6.45) is 0. The number of pyridine rings is 1. The molecule has 0 radical (unpaired) electrons. The summed E-state index contributed by atoms with van der Waals surface area (Å²) in [5.41, 5.74) is -0.0588. The van der Waals surface area contributed by atoms with Crippen LogP contribution in [0.15, 0.2) is 36.4 Å². The normalized spacial score (nSPS) is 10.1. The smallest absolute Gasteiger partial charge is 0.278 e. The standard InChI is InChI=1S/C13H12IN3O3/c1-2-15-12-7-10(17(18)19)8-13(16-12)20-11-5-3-9(14)4-6-11/h3-8H,2H2,1H3,(H,15,16). The van der Waals surface area contributed by atoms with Gasteiger partial charge in [0.15, 0.2) is 0 Å². The molecule has 0 bridgehead atoms. The maximum absolute atomic E-state index is 10.9. The SMILES string of the molecule is CCNc1cc([N+](=O)[O-])cc(Oc2ccc(I)cc2)n1. The van der Waals surface area contributed by atoms with Gasteiger partial charge < -0.3 is 10.1 Å². The van der Waals surface area contributed by atoms with Crippen LogP contribution in [0.5, 0.6) is 11.6 Å². The number of rotatable bonds is 5. The molecule has 20 heavy (non-hydrogen) atoms. The van der Waals surface area contributed by atoms with Gasteiger partial charge in [0.2, 0.25) is 5.88 Å². The molecule has 0 atom stereocenters. The zero-order chi connectivity index (χ0) is 14.5. The number of anilines is 1. The number of nitrogens with one attached hydrogen (secondary N) is 1. The fourth-order valence-corrected chi connectivity index (χ4v) is 1.90. The van der Waals surface area contributed by atoms with Crippen molar-refractivity contribution in [2.45, 2.75) is 6.92 Å². The molecule has 0 amide bonds. The Bertz CT molecular complexity index is 617. The van der Waals surface area contributed by atoms with Gasteiger partial charge in [0.1, 0.15) is 11.6 Å². The second-order valence-corrected chi connectivity index (χ2v) is 5.14. The van der Waals surface area contributed by atoms with Crippen molar-refractivity contribution >= 4 is 34.1 Å². The van der Waals surface area contributed by atoms with E-state index >= 15 is 0 Å². The van der Waals surface area contributed by atoms with E-state index in [0.29, 0.717) is 18.1 Å². The highest BCUT2D eigenvalue weighted by atomic mass is 127. The summed E-state index contributed by atoms with van der Waals surface area (Å²) >= 11 is 2.19. The van der Waals surface area contributed by atoms with Gasteiger partial charge in [-0.15, -0.1) is 0 Å². The van der Waals surface area contributed by atoms with Gasteiger partial charge in [0.05, 0.1) is 17.1 Å². The topological polar surface area (TPSA) is 77.3 Å². The summed E-state index contributed by atoms with van der Waals surface area (Å²) in [6, 6.07) is 10.0. The number of nitro groups is 1. The fraction of sp³-hybridized carbons (Fsp3) is 0.154. The lowest BCUT2D eigenvalue weighted by Gasteiger charge is -2.07. The van der Waals surface area contributed by atoms with Crippen molar-refractivity contribution in [3.63, 3.8) is 0 Å². The molecule has 1 heterocycles. The monoisotopic (exact) mass is 385 g/mol. The van der Waals surface area contributed by atoms with E-state index in [0.717, 1.165) is 3.57 Å². The van der Waals surface area contributed by atoms with Gasteiger partial charge in [-0.3, -0.25) is 10.1 Å². The minimum atomic E-state index is -0.469. The van der Waals surface area contributed by atoms with E-state index in [-0.39, 0.29) is 11.6 Å². The fourth-order valence-electron chi connectivity index (χ4n) is 1.54. The largest absolute Gasteiger partial charge is 0.439 e. The number of aromatic nitrogens is 1. The van der Waals surface area contributed by atoms with E-state index in [1.807, 2.05) is 19.1 Å². The Morgan fingerprint density at radius 1 is 1.35 bits per heavy atom. The summed E-state index contributed by atoms with van der Waals surface area (Å²) < 4.78 is 6.63. The van der Waals surface area contributed by atoms with Crippen molar-refractivity contribution in [1.82, 2.24) is 4.98 Å². The van der Waals surface area contributed by atoms with E-state index in [4.69, 9.17) is 4.74 Å². The van der Waals surface area contributed by atoms with Crippen molar-refractivity contribution in [2.75, 3.05) is 11.9 Å². The molecule has 0 aliphatic heterocycles. The average Bonchev–Trinajstić information content (AvgIpc) is 2.41. The van der Waals surface area contributed by atoms with Gasteiger partial charge in [-0.05, 0) is 53.8 Å². The second kappa shape index (κ2) is 6.51. The predicted molar refractivity (Wildman–Crippen MR) is 84.3 cm³/mol. The van der Waals surface area contributed by atoms with Crippen LogP contribution < -0.4 is 10.1 Å². The van der Waals surface area contributed by atoms with Crippen LogP contribution in [0.1, 0.15) is 6.92 Å². The maximum atomic E-state index is 10.9. The van der Waals surface area contributed by atoms with Crippen molar-refractivity contribution in [3.8, 4) is 11.6 Å². The van der Waals surface area contributed by atoms with Gasteiger partial charge >= 0.3 is 0 Å². The van der Waals surface area contributed by atoms with Crippen molar-refractivity contribution in [1.29, 1.82) is 0 Å². The number of halogens is 1. The first-order chi connectivity index (χ1) is 9.58. The number of benzene rings is 1. The van der Waals surface area contributed by atoms with Gasteiger partial charge in [0.25, 0.3) is 5.69 Å². The zero-order valence-electron chi connectivity index (χ0n) is 10.7. The molecular weight excluding hydrogens is 373 g/mol. The third kappa shape index (κ3) is 3.80. The summed E-state index contributed by atoms with van der Waals surface area (Å²) in [5.74, 6) is 1.19. The molecule has 2 aromatic rings. The molecule has 1 aromatic carbocycles. The highest BCUT2D eigenvalue weighted by Crippen LogP contribution is 2.26. The Balaban J connectivity index is 2.29. The Morgan fingerprint density at radius 3 is 2.65 bits per heavy atom. The lowest BCUT2D eigenvalue weighted by molar-refractivity contribution is -0.384. The third-order valence-electron chi connectivity index (χ3n) is 2.39. The van der Waals surface area contributed by atoms with Crippen LogP contribution in [0.4, 0.5) is 11.5 Å². The Morgan fingerprint density at radius 2 is 2.05 bits per heavy atom. The maximum Gasteiger partial charge on any atom is 0.278 e. The molecule has 0 saturated heterocycles. The number of nitrogens with zero attached hydrogens (tertiary/aromatic N) is 2. The summed E-state index contributed by atoms with van der Waals surface area (Å²) in [7, 11) is 0. The first kappa shape index (κ1) is 14.5. The first-order valence-corrected chi connectivity index (χ1v) is 7.00. The minimum absolute atomic E-state index is 0.0588. The van der Waals surface area contributed by atoms with Crippen LogP contribution in [0.2, 0.25) is 0 Å². The molecule has 0 aliphatic rings. The Labute approximate surface area is 129 Å². The highest BCUT2D eigenvalue weighted by Gasteiger charge is 2.12. The average molecular weight is 385 g/mol. The van der Waals surface area contributed by atoms with E-state index in [1.165, 1.54) is 12.1 Å². The molecule has 0 spiro atoms. The van der Waals surface area contributed by atoms with Gasteiger partial charge in [-0.25, -0.2) is 0 Å². The number of hydrogen-bond acceptors (Lipinski definition) is 5.